The highest BCUT2D eigenvalue weighted by atomic mass is 32.1. The molecule has 0 radical (unpaired) electrons. The number of thiazole rings is 1. The lowest BCUT2D eigenvalue weighted by Gasteiger charge is -2.29. The number of aromatic nitrogens is 1. The fraction of sp³-hybridized carbons (Fsp3) is 0.750. The maximum atomic E-state index is 9.58. The van der Waals surface area contributed by atoms with E-state index >= 15 is 0 Å². The molecule has 1 rings (SSSR count). The van der Waals surface area contributed by atoms with Crippen LogP contribution in [-0.4, -0.2) is 16.7 Å². The molecule has 0 saturated carbocycles. The van der Waals surface area contributed by atoms with Crippen LogP contribution in [0.5, 0.6) is 0 Å². The van der Waals surface area contributed by atoms with Gasteiger partial charge in [0.05, 0.1) is 5.01 Å². The molecule has 1 aromatic rings. The molecule has 0 saturated heterocycles. The van der Waals surface area contributed by atoms with Crippen molar-refractivity contribution in [3.05, 3.63) is 16.6 Å². The molecule has 1 N–H and O–H groups in total. The third-order valence-electron chi connectivity index (χ3n) is 3.16. The molecule has 86 valence electrons. The summed E-state index contributed by atoms with van der Waals surface area (Å²) >= 11 is 1.69. The minimum atomic E-state index is 0.0634. The fourth-order valence-corrected chi connectivity index (χ4v) is 2.64. The monoisotopic (exact) mass is 227 g/mol. The van der Waals surface area contributed by atoms with E-state index in [2.05, 4.69) is 18.8 Å². The Kier molecular flexibility index (Phi) is 5.26. The van der Waals surface area contributed by atoms with Crippen molar-refractivity contribution in [2.75, 3.05) is 6.61 Å². The number of unbranched alkanes of at least 4 members (excludes halogenated alkanes) is 1. The predicted octanol–water partition coefficient (Wildman–Crippen LogP) is 3.26. The summed E-state index contributed by atoms with van der Waals surface area (Å²) in [5, 5.41) is 12.7. The maximum absolute atomic E-state index is 9.58. The van der Waals surface area contributed by atoms with Crippen molar-refractivity contribution in [3.63, 3.8) is 0 Å². The summed E-state index contributed by atoms with van der Waals surface area (Å²) in [6, 6.07) is 0. The molecule has 1 heterocycles. The van der Waals surface area contributed by atoms with Crippen molar-refractivity contribution < 1.29 is 5.11 Å². The van der Waals surface area contributed by atoms with Gasteiger partial charge >= 0.3 is 0 Å². The topological polar surface area (TPSA) is 33.1 Å². The summed E-state index contributed by atoms with van der Waals surface area (Å²) in [6.45, 7) is 4.64. The van der Waals surface area contributed by atoms with Crippen LogP contribution in [0, 0.1) is 5.41 Å². The standard InChI is InChI=1S/C12H21NOS/c1-3-5-6-12(4-2,10-14)9-11-13-7-8-15-11/h7-8,14H,3-6,9-10H2,1-2H3. The minimum Gasteiger partial charge on any atom is -0.396 e. The van der Waals surface area contributed by atoms with Crippen LogP contribution >= 0.6 is 11.3 Å². The Morgan fingerprint density at radius 1 is 1.47 bits per heavy atom. The van der Waals surface area contributed by atoms with Gasteiger partial charge in [-0.25, -0.2) is 4.98 Å². The second-order valence-electron chi connectivity index (χ2n) is 4.22. The minimum absolute atomic E-state index is 0.0634. The first-order valence-electron chi connectivity index (χ1n) is 5.75. The number of nitrogens with zero attached hydrogens (tertiary/aromatic N) is 1. The fourth-order valence-electron chi connectivity index (χ4n) is 1.85. The third-order valence-corrected chi connectivity index (χ3v) is 3.94. The molecule has 15 heavy (non-hydrogen) atoms. The highest BCUT2D eigenvalue weighted by molar-refractivity contribution is 7.09. The Bertz CT molecular complexity index is 255. The maximum Gasteiger partial charge on any atom is 0.0931 e. The van der Waals surface area contributed by atoms with E-state index in [0.717, 1.165) is 24.3 Å². The smallest absolute Gasteiger partial charge is 0.0931 e. The average molecular weight is 227 g/mol. The van der Waals surface area contributed by atoms with Crippen molar-refractivity contribution in [3.8, 4) is 0 Å². The molecule has 0 amide bonds. The number of hydrogen-bond donors (Lipinski definition) is 1. The number of hydrogen-bond acceptors (Lipinski definition) is 3. The molecular weight excluding hydrogens is 206 g/mol. The van der Waals surface area contributed by atoms with Gasteiger partial charge in [0.15, 0.2) is 0 Å². The zero-order valence-electron chi connectivity index (χ0n) is 9.70. The van der Waals surface area contributed by atoms with Gasteiger partial charge in [-0.1, -0.05) is 26.7 Å². The van der Waals surface area contributed by atoms with Crippen molar-refractivity contribution in [1.29, 1.82) is 0 Å². The Hall–Kier alpha value is -0.410. The summed E-state index contributed by atoms with van der Waals surface area (Å²) in [5.74, 6) is 0. The lowest BCUT2D eigenvalue weighted by Crippen LogP contribution is -2.27. The van der Waals surface area contributed by atoms with Crippen LogP contribution in [-0.2, 0) is 6.42 Å². The second kappa shape index (κ2) is 6.23. The van der Waals surface area contributed by atoms with Crippen molar-refractivity contribution in [1.82, 2.24) is 4.98 Å². The summed E-state index contributed by atoms with van der Waals surface area (Å²) in [7, 11) is 0. The van der Waals surface area contributed by atoms with E-state index in [0.29, 0.717) is 0 Å². The van der Waals surface area contributed by atoms with Gasteiger partial charge in [0.1, 0.15) is 0 Å². The first-order valence-corrected chi connectivity index (χ1v) is 6.63. The van der Waals surface area contributed by atoms with E-state index in [4.69, 9.17) is 0 Å². The number of rotatable bonds is 7. The van der Waals surface area contributed by atoms with Gasteiger partial charge in [-0.15, -0.1) is 11.3 Å². The highest BCUT2D eigenvalue weighted by Crippen LogP contribution is 2.33. The van der Waals surface area contributed by atoms with Crippen LogP contribution < -0.4 is 0 Å². The van der Waals surface area contributed by atoms with Gasteiger partial charge in [0.25, 0.3) is 0 Å². The van der Waals surface area contributed by atoms with Gasteiger partial charge < -0.3 is 5.11 Å². The zero-order chi connectivity index (χ0) is 11.1. The lowest BCUT2D eigenvalue weighted by molar-refractivity contribution is 0.107. The molecule has 1 aromatic heterocycles. The van der Waals surface area contributed by atoms with Crippen molar-refractivity contribution in [2.45, 2.75) is 46.0 Å². The molecule has 0 bridgehead atoms. The third kappa shape index (κ3) is 3.58. The molecule has 0 aliphatic heterocycles. The van der Waals surface area contributed by atoms with Crippen LogP contribution in [0.2, 0.25) is 0 Å². The molecule has 0 aliphatic rings. The van der Waals surface area contributed by atoms with Crippen molar-refractivity contribution >= 4 is 11.3 Å². The van der Waals surface area contributed by atoms with E-state index in [1.165, 1.54) is 12.8 Å². The molecular formula is C12H21NOS. The highest BCUT2D eigenvalue weighted by Gasteiger charge is 2.27. The molecule has 2 nitrogen and oxygen atoms in total. The molecule has 0 fully saturated rings. The number of aliphatic hydroxyl groups is 1. The van der Waals surface area contributed by atoms with Crippen LogP contribution in [0.1, 0.15) is 44.5 Å². The van der Waals surface area contributed by atoms with E-state index in [1.54, 1.807) is 11.3 Å². The van der Waals surface area contributed by atoms with Gasteiger partial charge in [-0.3, -0.25) is 0 Å². The molecule has 0 aromatic carbocycles. The molecule has 1 unspecified atom stereocenters. The molecule has 0 spiro atoms. The van der Waals surface area contributed by atoms with Crippen molar-refractivity contribution in [2.24, 2.45) is 5.41 Å². The van der Waals surface area contributed by atoms with E-state index in [9.17, 15) is 5.11 Å². The van der Waals surface area contributed by atoms with Gasteiger partial charge in [-0.2, -0.15) is 0 Å². The van der Waals surface area contributed by atoms with Gasteiger partial charge in [0, 0.05) is 24.6 Å². The van der Waals surface area contributed by atoms with Crippen LogP contribution in [0.25, 0.3) is 0 Å². The van der Waals surface area contributed by atoms with E-state index in [-0.39, 0.29) is 12.0 Å². The molecule has 3 heteroatoms. The predicted molar refractivity (Wildman–Crippen MR) is 65.2 cm³/mol. The summed E-state index contributed by atoms with van der Waals surface area (Å²) in [5.41, 5.74) is 0.0634. The first-order chi connectivity index (χ1) is 7.26. The summed E-state index contributed by atoms with van der Waals surface area (Å²) in [6.07, 6.45) is 7.30. The van der Waals surface area contributed by atoms with Crippen LogP contribution in [0.15, 0.2) is 11.6 Å². The Balaban J connectivity index is 2.63. The lowest BCUT2D eigenvalue weighted by atomic mass is 9.78. The second-order valence-corrected chi connectivity index (χ2v) is 5.20. The van der Waals surface area contributed by atoms with Gasteiger partial charge in [0.2, 0.25) is 0 Å². The zero-order valence-corrected chi connectivity index (χ0v) is 10.5. The Labute approximate surface area is 96.4 Å². The van der Waals surface area contributed by atoms with Crippen LogP contribution in [0.4, 0.5) is 0 Å². The quantitative estimate of drug-likeness (QED) is 0.775. The Morgan fingerprint density at radius 3 is 2.73 bits per heavy atom. The molecule has 1 atom stereocenters. The molecule has 0 aliphatic carbocycles. The number of aliphatic hydroxyl groups excluding tert-OH is 1. The largest absolute Gasteiger partial charge is 0.396 e. The average Bonchev–Trinajstić information content (AvgIpc) is 2.77. The van der Waals surface area contributed by atoms with E-state index in [1.807, 2.05) is 11.6 Å². The van der Waals surface area contributed by atoms with E-state index < -0.39 is 0 Å². The Morgan fingerprint density at radius 2 is 2.27 bits per heavy atom. The SMILES string of the molecule is CCCCC(CC)(CO)Cc1nccs1. The summed E-state index contributed by atoms with van der Waals surface area (Å²) < 4.78 is 0. The first kappa shape index (κ1) is 12.7. The van der Waals surface area contributed by atoms with Crippen LogP contribution in [0.3, 0.4) is 0 Å². The summed E-state index contributed by atoms with van der Waals surface area (Å²) in [4.78, 5) is 4.31. The normalized spacial score (nSPS) is 15.1. The van der Waals surface area contributed by atoms with Gasteiger partial charge in [-0.05, 0) is 18.3 Å².